The zero-order valence-electron chi connectivity index (χ0n) is 27.1. The first-order chi connectivity index (χ1) is 24.0. The average molecular weight is 708 g/mol. The summed E-state index contributed by atoms with van der Waals surface area (Å²) in [5.74, 6) is 0.257. The lowest BCUT2D eigenvalue weighted by molar-refractivity contribution is -0.127. The Morgan fingerprint density at radius 1 is 1.12 bits per heavy atom. The fraction of sp³-hybridized carbons (Fsp3) is 0.378. The van der Waals surface area contributed by atoms with Gasteiger partial charge in [0.25, 0.3) is 0 Å². The van der Waals surface area contributed by atoms with E-state index in [1.165, 1.54) is 29.2 Å². The van der Waals surface area contributed by atoms with Gasteiger partial charge in [0.15, 0.2) is 5.82 Å². The summed E-state index contributed by atoms with van der Waals surface area (Å²) in [5.41, 5.74) is -1.05. The SMILES string of the molecule is C#Cc1c(F)ccc2cc(O)cc(-c3c(Cl)cc4c(N5CCCN(C(=O)C=C)CC(F)C5)nc(OC[C@@]56CCCN5C[C@H](F)C6)nc4c3F)c12. The van der Waals surface area contributed by atoms with Crippen LogP contribution in [-0.2, 0) is 4.79 Å². The van der Waals surface area contributed by atoms with Crippen molar-refractivity contribution in [2.24, 2.45) is 0 Å². The van der Waals surface area contributed by atoms with Gasteiger partial charge in [-0.1, -0.05) is 30.2 Å². The molecule has 7 rings (SSSR count). The number of hydrogen-bond donors (Lipinski definition) is 1. The number of alkyl halides is 2. The molecule has 4 aromatic rings. The molecule has 260 valence electrons. The number of aromatic nitrogens is 2. The van der Waals surface area contributed by atoms with Crippen LogP contribution in [0.3, 0.4) is 0 Å². The molecule has 3 fully saturated rings. The Morgan fingerprint density at radius 3 is 2.72 bits per heavy atom. The zero-order chi connectivity index (χ0) is 35.3. The van der Waals surface area contributed by atoms with Gasteiger partial charge in [-0.3, -0.25) is 9.69 Å². The third-order valence-corrected chi connectivity index (χ3v) is 10.3. The van der Waals surface area contributed by atoms with Crippen molar-refractivity contribution >= 4 is 45.0 Å². The Balaban J connectivity index is 1.38. The number of hydrogen-bond acceptors (Lipinski definition) is 7. The van der Waals surface area contributed by atoms with E-state index in [1.807, 2.05) is 0 Å². The molecule has 0 saturated carbocycles. The van der Waals surface area contributed by atoms with Gasteiger partial charge < -0.3 is 19.6 Å². The van der Waals surface area contributed by atoms with Gasteiger partial charge in [-0.15, -0.1) is 6.42 Å². The molecule has 3 atom stereocenters. The molecule has 50 heavy (non-hydrogen) atoms. The van der Waals surface area contributed by atoms with Crippen molar-refractivity contribution in [2.45, 2.75) is 43.6 Å². The lowest BCUT2D eigenvalue weighted by atomic mass is 9.93. The normalized spacial score (nSPS) is 22.7. The Labute approximate surface area is 291 Å². The summed E-state index contributed by atoms with van der Waals surface area (Å²) in [6.45, 7) is 4.75. The quantitative estimate of drug-likeness (QED) is 0.138. The number of aromatic hydroxyl groups is 1. The molecular weight excluding hydrogens is 674 g/mol. The Kier molecular flexibility index (Phi) is 8.99. The Bertz CT molecular complexity index is 2080. The molecule has 1 aromatic heterocycles. The monoisotopic (exact) mass is 707 g/mol. The second-order valence-corrected chi connectivity index (χ2v) is 13.6. The van der Waals surface area contributed by atoms with Crippen LogP contribution in [0.25, 0.3) is 32.8 Å². The number of terminal acetylenes is 1. The number of fused-ring (bicyclic) bond motifs is 3. The molecule has 0 radical (unpaired) electrons. The lowest BCUT2D eigenvalue weighted by Crippen LogP contribution is -2.45. The summed E-state index contributed by atoms with van der Waals surface area (Å²) >= 11 is 6.82. The second kappa shape index (κ2) is 13.3. The third-order valence-electron chi connectivity index (χ3n) is 10.0. The number of carbonyl (C=O) groups excluding carboxylic acids is 1. The van der Waals surface area contributed by atoms with Crippen LogP contribution in [0, 0.1) is 24.0 Å². The Morgan fingerprint density at radius 2 is 1.94 bits per heavy atom. The highest BCUT2D eigenvalue weighted by molar-refractivity contribution is 6.35. The van der Waals surface area contributed by atoms with E-state index in [9.17, 15) is 18.7 Å². The predicted molar refractivity (Wildman–Crippen MR) is 184 cm³/mol. The number of amides is 1. The van der Waals surface area contributed by atoms with Gasteiger partial charge in [-0.05, 0) is 67.1 Å². The summed E-state index contributed by atoms with van der Waals surface area (Å²) in [5, 5.41) is 11.2. The predicted octanol–water partition coefficient (Wildman–Crippen LogP) is 6.59. The standard InChI is InChI=1S/C37H34ClF4N5O3/c1-3-25-29(41)8-7-21-13-24(48)14-26(31(21)25)32-28(38)15-27-34(33(32)42)43-36(50-20-37-9-5-12-47(37)19-22(39)16-37)44-35(27)46-11-6-10-45(30(49)4-2)17-23(40)18-46/h1,4,7-8,13-15,22-23,48H,2,5-6,9-12,16-20H2/t22-,23?,37+/m1/s1. The van der Waals surface area contributed by atoms with Gasteiger partial charge in [-0.25, -0.2) is 17.6 Å². The smallest absolute Gasteiger partial charge is 0.319 e. The first-order valence-corrected chi connectivity index (χ1v) is 16.8. The van der Waals surface area contributed by atoms with E-state index in [0.717, 1.165) is 31.5 Å². The van der Waals surface area contributed by atoms with Gasteiger partial charge in [0, 0.05) is 42.4 Å². The summed E-state index contributed by atoms with van der Waals surface area (Å²) in [6, 6.07) is 6.47. The summed E-state index contributed by atoms with van der Waals surface area (Å²) < 4.78 is 68.2. The van der Waals surface area contributed by atoms with Crippen molar-refractivity contribution in [3.05, 3.63) is 65.2 Å². The van der Waals surface area contributed by atoms with Crippen molar-refractivity contribution in [3.63, 3.8) is 0 Å². The maximum absolute atomic E-state index is 17.1. The molecule has 8 nitrogen and oxygen atoms in total. The van der Waals surface area contributed by atoms with Crippen LogP contribution in [0.15, 0.2) is 43.0 Å². The lowest BCUT2D eigenvalue weighted by Gasteiger charge is -2.33. The van der Waals surface area contributed by atoms with E-state index < -0.39 is 29.5 Å². The highest BCUT2D eigenvalue weighted by Gasteiger charge is 2.49. The second-order valence-electron chi connectivity index (χ2n) is 13.2. The number of rotatable bonds is 6. The van der Waals surface area contributed by atoms with Crippen LogP contribution in [-0.4, -0.2) is 94.5 Å². The molecule has 0 spiro atoms. The fourth-order valence-corrected chi connectivity index (χ4v) is 8.11. The third kappa shape index (κ3) is 5.96. The number of anilines is 1. The number of benzene rings is 3. The van der Waals surface area contributed by atoms with Gasteiger partial charge in [0.05, 0.1) is 29.2 Å². The first kappa shape index (κ1) is 33.9. The zero-order valence-corrected chi connectivity index (χ0v) is 27.8. The van der Waals surface area contributed by atoms with Crippen molar-refractivity contribution in [1.29, 1.82) is 0 Å². The number of halogens is 5. The summed E-state index contributed by atoms with van der Waals surface area (Å²) in [7, 11) is 0. The minimum absolute atomic E-state index is 0.0435. The van der Waals surface area contributed by atoms with Crippen LogP contribution >= 0.6 is 11.6 Å². The molecule has 0 bridgehead atoms. The average Bonchev–Trinajstić information content (AvgIpc) is 3.60. The summed E-state index contributed by atoms with van der Waals surface area (Å²) in [6.07, 6.45) is 6.66. The highest BCUT2D eigenvalue weighted by atomic mass is 35.5. The number of nitrogens with zero attached hydrogens (tertiary/aromatic N) is 5. The van der Waals surface area contributed by atoms with Crippen molar-refractivity contribution in [3.8, 4) is 35.2 Å². The maximum Gasteiger partial charge on any atom is 0.319 e. The summed E-state index contributed by atoms with van der Waals surface area (Å²) in [4.78, 5) is 26.5. The van der Waals surface area contributed by atoms with E-state index in [1.54, 1.807) is 4.90 Å². The number of phenols is 1. The maximum atomic E-state index is 17.1. The van der Waals surface area contributed by atoms with E-state index >= 15 is 8.78 Å². The van der Waals surface area contributed by atoms with Crippen molar-refractivity contribution in [2.75, 3.05) is 50.8 Å². The van der Waals surface area contributed by atoms with Gasteiger partial charge in [-0.2, -0.15) is 9.97 Å². The molecule has 13 heteroatoms. The molecule has 4 heterocycles. The molecule has 3 aliphatic rings. The van der Waals surface area contributed by atoms with Crippen LogP contribution in [0.4, 0.5) is 23.4 Å². The molecule has 1 unspecified atom stereocenters. The molecule has 3 aromatic carbocycles. The molecular formula is C37H34ClF4N5O3. The van der Waals surface area contributed by atoms with Gasteiger partial charge >= 0.3 is 6.01 Å². The van der Waals surface area contributed by atoms with E-state index in [0.29, 0.717) is 18.4 Å². The fourth-order valence-electron chi connectivity index (χ4n) is 7.82. The van der Waals surface area contributed by atoms with Crippen LogP contribution in [0.1, 0.15) is 31.2 Å². The molecule has 1 amide bonds. The topological polar surface area (TPSA) is 82.0 Å². The van der Waals surface area contributed by atoms with Gasteiger partial charge in [0.1, 0.15) is 41.9 Å². The number of ether oxygens (including phenoxy) is 1. The first-order valence-electron chi connectivity index (χ1n) is 16.5. The minimum atomic E-state index is -1.49. The molecule has 1 N–H and O–H groups in total. The number of phenolic OH excluding ortho intramolecular Hbond substituents is 1. The van der Waals surface area contributed by atoms with E-state index in [-0.39, 0.29) is 101 Å². The highest BCUT2D eigenvalue weighted by Crippen LogP contribution is 2.44. The molecule has 3 saturated heterocycles. The minimum Gasteiger partial charge on any atom is -0.508 e. The van der Waals surface area contributed by atoms with Crippen molar-refractivity contribution < 1.29 is 32.2 Å². The van der Waals surface area contributed by atoms with Crippen LogP contribution in [0.2, 0.25) is 5.02 Å². The largest absolute Gasteiger partial charge is 0.508 e. The Hall–Kier alpha value is -4.60. The molecule has 0 aliphatic carbocycles. The van der Waals surface area contributed by atoms with Gasteiger partial charge in [0.2, 0.25) is 5.91 Å². The molecule has 3 aliphatic heterocycles. The number of carbonyl (C=O) groups is 1. The van der Waals surface area contributed by atoms with Crippen LogP contribution < -0.4 is 9.64 Å². The van der Waals surface area contributed by atoms with Crippen LogP contribution in [0.5, 0.6) is 11.8 Å². The van der Waals surface area contributed by atoms with Crippen molar-refractivity contribution in [1.82, 2.24) is 19.8 Å². The van der Waals surface area contributed by atoms with E-state index in [4.69, 9.17) is 22.8 Å². The van der Waals surface area contributed by atoms with E-state index in [2.05, 4.69) is 27.4 Å².